The molecule has 1 aromatic heterocycles. The maximum atomic E-state index is 2.42. The van der Waals surface area contributed by atoms with Gasteiger partial charge in [0.1, 0.15) is 0 Å². The van der Waals surface area contributed by atoms with Crippen molar-refractivity contribution in [3.63, 3.8) is 0 Å². The summed E-state index contributed by atoms with van der Waals surface area (Å²) >= 11 is 1.90. The number of hydrogen-bond donors (Lipinski definition) is 0. The minimum absolute atomic E-state index is 1.13. The Morgan fingerprint density at radius 3 is 1.58 bits per heavy atom. The second kappa shape index (κ2) is 12.2. The van der Waals surface area contributed by atoms with E-state index in [1.165, 1.54) is 85.9 Å². The van der Waals surface area contributed by atoms with Crippen LogP contribution >= 0.6 is 11.3 Å². The molecule has 0 saturated heterocycles. The van der Waals surface area contributed by atoms with Gasteiger partial charge in [0.2, 0.25) is 0 Å². The molecule has 52 heavy (non-hydrogen) atoms. The minimum atomic E-state index is 1.13. The van der Waals surface area contributed by atoms with Crippen molar-refractivity contribution in [2.75, 3.05) is 4.90 Å². The Kier molecular flexibility index (Phi) is 7.19. The van der Waals surface area contributed by atoms with Gasteiger partial charge in [-0.15, -0.1) is 11.3 Å². The molecule has 10 aromatic rings. The summed E-state index contributed by atoms with van der Waals surface area (Å²) in [5.41, 5.74) is 11.0. The largest absolute Gasteiger partial charge is 0.310 e. The lowest BCUT2D eigenvalue weighted by molar-refractivity contribution is 1.26. The highest BCUT2D eigenvalue weighted by Crippen LogP contribution is 2.49. The Balaban J connectivity index is 1.24. The lowest BCUT2D eigenvalue weighted by Gasteiger charge is -2.26. The average molecular weight is 682 g/mol. The van der Waals surface area contributed by atoms with Crippen molar-refractivity contribution in [2.45, 2.75) is 13.8 Å². The number of thiophene rings is 1. The standard InChI is InChI=1S/C50H35NS/c1-32-12-9-16-38(28-32)51(39-17-10-13-33(2)29-39)37-26-24-34(25-27-37)48-41-19-5-6-20-42(41)49(46-31-36-15-4-3-14-35(36)30-45(46)48)44-22-11-21-43-40-18-7-8-23-47(40)52-50(43)44/h3-31H,1-2H3. The summed E-state index contributed by atoms with van der Waals surface area (Å²) in [6.45, 7) is 4.32. The third-order valence-electron chi connectivity index (χ3n) is 10.5. The van der Waals surface area contributed by atoms with E-state index >= 15 is 0 Å². The summed E-state index contributed by atoms with van der Waals surface area (Å²) in [6.07, 6.45) is 0. The molecule has 1 nitrogen and oxygen atoms in total. The molecular formula is C50H35NS. The monoisotopic (exact) mass is 681 g/mol. The fraction of sp³-hybridized carbons (Fsp3) is 0.0400. The van der Waals surface area contributed by atoms with Gasteiger partial charge in [0.25, 0.3) is 0 Å². The van der Waals surface area contributed by atoms with Crippen molar-refractivity contribution >= 4 is 80.9 Å². The van der Waals surface area contributed by atoms with Crippen LogP contribution in [0.5, 0.6) is 0 Å². The van der Waals surface area contributed by atoms with Gasteiger partial charge in [0, 0.05) is 42.8 Å². The van der Waals surface area contributed by atoms with Crippen molar-refractivity contribution < 1.29 is 0 Å². The van der Waals surface area contributed by atoms with Gasteiger partial charge in [0.05, 0.1) is 0 Å². The fourth-order valence-corrected chi connectivity index (χ4v) is 9.39. The summed E-state index contributed by atoms with van der Waals surface area (Å²) in [5, 5.41) is 10.2. The van der Waals surface area contributed by atoms with Gasteiger partial charge in [0.15, 0.2) is 0 Å². The fourth-order valence-electron chi connectivity index (χ4n) is 8.17. The molecule has 0 N–H and O–H groups in total. The lowest BCUT2D eigenvalue weighted by atomic mass is 9.84. The number of anilines is 3. The summed E-state index contributed by atoms with van der Waals surface area (Å²) < 4.78 is 2.67. The number of rotatable bonds is 5. The molecule has 0 bridgehead atoms. The molecule has 0 aliphatic rings. The predicted molar refractivity (Wildman–Crippen MR) is 227 cm³/mol. The number of hydrogen-bond acceptors (Lipinski definition) is 2. The maximum absolute atomic E-state index is 2.42. The Bertz CT molecular complexity index is 2940. The molecule has 0 amide bonds. The van der Waals surface area contributed by atoms with E-state index in [2.05, 4.69) is 195 Å². The van der Waals surface area contributed by atoms with E-state index in [4.69, 9.17) is 0 Å². The topological polar surface area (TPSA) is 3.24 Å². The molecule has 0 aliphatic heterocycles. The molecule has 2 heteroatoms. The van der Waals surface area contributed by atoms with Crippen LogP contribution in [0.1, 0.15) is 11.1 Å². The third-order valence-corrected chi connectivity index (χ3v) is 11.7. The van der Waals surface area contributed by atoms with E-state index in [-0.39, 0.29) is 0 Å². The summed E-state index contributed by atoms with van der Waals surface area (Å²) in [5.74, 6) is 0. The van der Waals surface area contributed by atoms with Gasteiger partial charge in [-0.3, -0.25) is 0 Å². The SMILES string of the molecule is Cc1cccc(N(c2ccc(-c3c4ccccc4c(-c4cccc5c4sc4ccccc45)c4cc5ccccc5cc34)cc2)c2cccc(C)c2)c1. The zero-order chi connectivity index (χ0) is 34.8. The van der Waals surface area contributed by atoms with Crippen LogP contribution in [0, 0.1) is 13.8 Å². The van der Waals surface area contributed by atoms with Crippen molar-refractivity contribution in [2.24, 2.45) is 0 Å². The second-order valence-corrected chi connectivity index (χ2v) is 14.9. The normalized spacial score (nSPS) is 11.7. The Morgan fingerprint density at radius 2 is 0.923 bits per heavy atom. The number of nitrogens with zero attached hydrogens (tertiary/aromatic N) is 1. The molecule has 0 unspecified atom stereocenters. The van der Waals surface area contributed by atoms with Crippen molar-refractivity contribution in [1.82, 2.24) is 0 Å². The zero-order valence-electron chi connectivity index (χ0n) is 29.1. The summed E-state index contributed by atoms with van der Waals surface area (Å²) in [6, 6.07) is 65.0. The van der Waals surface area contributed by atoms with Crippen molar-refractivity contribution in [3.8, 4) is 22.3 Å². The highest BCUT2D eigenvalue weighted by atomic mass is 32.1. The van der Waals surface area contributed by atoms with Gasteiger partial charge in [-0.05, 0) is 129 Å². The molecule has 246 valence electrons. The van der Waals surface area contributed by atoms with Crippen LogP contribution in [0.25, 0.3) is 74.7 Å². The Morgan fingerprint density at radius 1 is 0.385 bits per heavy atom. The predicted octanol–water partition coefficient (Wildman–Crippen LogP) is 14.9. The molecule has 10 rings (SSSR count). The van der Waals surface area contributed by atoms with Gasteiger partial charge < -0.3 is 4.90 Å². The van der Waals surface area contributed by atoms with E-state index < -0.39 is 0 Å². The van der Waals surface area contributed by atoms with Crippen LogP contribution in [0.2, 0.25) is 0 Å². The van der Waals surface area contributed by atoms with Crippen LogP contribution in [-0.2, 0) is 0 Å². The molecule has 0 aliphatic carbocycles. The molecule has 1 heterocycles. The highest BCUT2D eigenvalue weighted by molar-refractivity contribution is 7.26. The molecular weight excluding hydrogens is 647 g/mol. The van der Waals surface area contributed by atoms with Crippen LogP contribution < -0.4 is 4.90 Å². The van der Waals surface area contributed by atoms with Gasteiger partial charge in [-0.2, -0.15) is 0 Å². The molecule has 0 atom stereocenters. The first-order valence-electron chi connectivity index (χ1n) is 17.9. The van der Waals surface area contributed by atoms with E-state index in [0.29, 0.717) is 0 Å². The van der Waals surface area contributed by atoms with Gasteiger partial charge in [-0.25, -0.2) is 0 Å². The van der Waals surface area contributed by atoms with Gasteiger partial charge in [-0.1, -0.05) is 121 Å². The van der Waals surface area contributed by atoms with Crippen molar-refractivity contribution in [3.05, 3.63) is 187 Å². The van der Waals surface area contributed by atoms with Crippen LogP contribution in [0.3, 0.4) is 0 Å². The zero-order valence-corrected chi connectivity index (χ0v) is 29.9. The first-order chi connectivity index (χ1) is 25.6. The van der Waals surface area contributed by atoms with E-state index in [1.807, 2.05) is 11.3 Å². The van der Waals surface area contributed by atoms with Crippen molar-refractivity contribution in [1.29, 1.82) is 0 Å². The lowest BCUT2D eigenvalue weighted by Crippen LogP contribution is -2.10. The summed E-state index contributed by atoms with van der Waals surface area (Å²) in [7, 11) is 0. The van der Waals surface area contributed by atoms with Crippen LogP contribution in [0.15, 0.2) is 176 Å². The number of aryl methyl sites for hydroxylation is 2. The van der Waals surface area contributed by atoms with E-state index in [9.17, 15) is 0 Å². The summed E-state index contributed by atoms with van der Waals surface area (Å²) in [4.78, 5) is 2.36. The minimum Gasteiger partial charge on any atom is -0.310 e. The maximum Gasteiger partial charge on any atom is 0.0464 e. The number of fused-ring (bicyclic) bond motifs is 6. The van der Waals surface area contributed by atoms with E-state index in [0.717, 1.165) is 17.1 Å². The first-order valence-corrected chi connectivity index (χ1v) is 18.7. The smallest absolute Gasteiger partial charge is 0.0464 e. The highest BCUT2D eigenvalue weighted by Gasteiger charge is 2.21. The molecule has 0 saturated carbocycles. The third kappa shape index (κ3) is 4.98. The molecule has 0 spiro atoms. The van der Waals surface area contributed by atoms with E-state index in [1.54, 1.807) is 0 Å². The average Bonchev–Trinajstić information content (AvgIpc) is 3.56. The Hall–Kier alpha value is -6.22. The molecule has 9 aromatic carbocycles. The quantitative estimate of drug-likeness (QED) is 0.163. The second-order valence-electron chi connectivity index (χ2n) is 13.9. The van der Waals surface area contributed by atoms with Crippen LogP contribution in [-0.4, -0.2) is 0 Å². The Labute approximate surface area is 307 Å². The first kappa shape index (κ1) is 30.6. The van der Waals surface area contributed by atoms with Gasteiger partial charge >= 0.3 is 0 Å². The number of benzene rings is 9. The molecule has 0 fully saturated rings. The molecule has 0 radical (unpaired) electrons. The van der Waals surface area contributed by atoms with Crippen LogP contribution in [0.4, 0.5) is 17.1 Å².